The molecular formula is C7H14N6O3S. The lowest BCUT2D eigenvalue weighted by Gasteiger charge is -2.07. The van der Waals surface area contributed by atoms with Crippen LogP contribution in [0.25, 0.3) is 0 Å². The Bertz CT molecular complexity index is 493. The molecule has 0 amide bonds. The van der Waals surface area contributed by atoms with E-state index in [0.29, 0.717) is 13.0 Å². The molecule has 10 heteroatoms. The van der Waals surface area contributed by atoms with Crippen molar-refractivity contribution in [3.8, 4) is 0 Å². The summed E-state index contributed by atoms with van der Waals surface area (Å²) in [5.74, 6) is -0.212. The third-order valence-electron chi connectivity index (χ3n) is 1.80. The number of anilines is 1. The second kappa shape index (κ2) is 5.50. The number of hydrogen-bond acceptors (Lipinski definition) is 5. The van der Waals surface area contributed by atoms with Gasteiger partial charge >= 0.3 is 0 Å². The van der Waals surface area contributed by atoms with E-state index in [9.17, 15) is 8.42 Å². The third-order valence-corrected chi connectivity index (χ3v) is 2.86. The van der Waals surface area contributed by atoms with Gasteiger partial charge in [0.25, 0.3) is 10.2 Å². The molecule has 6 N–H and O–H groups in total. The molecule has 9 nitrogen and oxygen atoms in total. The second-order valence-corrected chi connectivity index (χ2v) is 4.64. The van der Waals surface area contributed by atoms with Crippen LogP contribution in [0.3, 0.4) is 0 Å². The van der Waals surface area contributed by atoms with Gasteiger partial charge in [0.05, 0.1) is 11.8 Å². The predicted octanol–water partition coefficient (Wildman–Crippen LogP) is -0.839. The first-order valence-corrected chi connectivity index (χ1v) is 6.27. The summed E-state index contributed by atoms with van der Waals surface area (Å²) in [7, 11) is -3.69. The fourth-order valence-electron chi connectivity index (χ4n) is 1.02. The minimum atomic E-state index is -3.69. The summed E-state index contributed by atoms with van der Waals surface area (Å²) in [6, 6.07) is 0. The van der Waals surface area contributed by atoms with Crippen molar-refractivity contribution >= 4 is 21.9 Å². The maximum atomic E-state index is 11.5. The first kappa shape index (κ1) is 13.3. The largest absolute Gasteiger partial charge is 0.409 e. The number of H-pyrrole nitrogens is 1. The van der Waals surface area contributed by atoms with Crippen molar-refractivity contribution in [2.24, 2.45) is 10.9 Å². The van der Waals surface area contributed by atoms with Crippen molar-refractivity contribution < 1.29 is 13.6 Å². The molecule has 0 saturated carbocycles. The summed E-state index contributed by atoms with van der Waals surface area (Å²) in [5.41, 5.74) is 5.50. The Morgan fingerprint density at radius 2 is 2.41 bits per heavy atom. The number of oxime groups is 1. The van der Waals surface area contributed by atoms with E-state index in [4.69, 9.17) is 10.9 Å². The van der Waals surface area contributed by atoms with Gasteiger partial charge in [0.15, 0.2) is 5.84 Å². The monoisotopic (exact) mass is 262 g/mol. The summed E-state index contributed by atoms with van der Waals surface area (Å²) < 4.78 is 27.5. The molecule has 0 unspecified atom stereocenters. The Morgan fingerprint density at radius 3 is 3.00 bits per heavy atom. The number of nitrogens with one attached hydrogen (secondary N) is 3. The van der Waals surface area contributed by atoms with Gasteiger partial charge in [-0.25, -0.2) is 0 Å². The van der Waals surface area contributed by atoms with Crippen molar-refractivity contribution in [3.05, 3.63) is 11.8 Å². The standard InChI is InChI=1S/C7H14N6O3S/c1-2-3-10-17(15,16)13-7-5(4-9-11-7)6(8)12-14/h4,10,14H,2-3H2,1H3,(H2,8,12)(H2,9,11,13). The number of hydrogen-bond donors (Lipinski definition) is 5. The van der Waals surface area contributed by atoms with Crippen molar-refractivity contribution in [3.63, 3.8) is 0 Å². The molecule has 0 aliphatic heterocycles. The minimum Gasteiger partial charge on any atom is -0.409 e. The summed E-state index contributed by atoms with van der Waals surface area (Å²) >= 11 is 0. The highest BCUT2D eigenvalue weighted by molar-refractivity contribution is 7.90. The maximum absolute atomic E-state index is 11.5. The van der Waals surface area contributed by atoms with Crippen LogP contribution in [-0.2, 0) is 10.2 Å². The summed E-state index contributed by atoms with van der Waals surface area (Å²) in [4.78, 5) is 0. The van der Waals surface area contributed by atoms with Gasteiger partial charge in [-0.3, -0.25) is 9.82 Å². The van der Waals surface area contributed by atoms with E-state index in [1.165, 1.54) is 6.20 Å². The van der Waals surface area contributed by atoms with Crippen molar-refractivity contribution in [1.82, 2.24) is 14.9 Å². The Balaban J connectivity index is 2.86. The smallest absolute Gasteiger partial charge is 0.300 e. The topological polar surface area (TPSA) is 145 Å². The molecule has 0 radical (unpaired) electrons. The maximum Gasteiger partial charge on any atom is 0.300 e. The van der Waals surface area contributed by atoms with E-state index in [2.05, 4.69) is 24.8 Å². The molecule has 0 saturated heterocycles. The number of rotatable bonds is 6. The number of nitrogens with two attached hydrogens (primary N) is 1. The Hall–Kier alpha value is -1.81. The SMILES string of the molecule is CCCNS(=O)(=O)Nc1[nH]ncc1C(N)=NO. The van der Waals surface area contributed by atoms with Crippen LogP contribution < -0.4 is 15.2 Å². The summed E-state index contributed by atoms with van der Waals surface area (Å²) in [6.45, 7) is 2.14. The molecule has 0 bridgehead atoms. The lowest BCUT2D eigenvalue weighted by molar-refractivity contribution is 0.318. The molecular weight excluding hydrogens is 248 g/mol. The zero-order valence-electron chi connectivity index (χ0n) is 9.14. The van der Waals surface area contributed by atoms with Crippen molar-refractivity contribution in [2.45, 2.75) is 13.3 Å². The van der Waals surface area contributed by atoms with Crippen LogP contribution in [-0.4, -0.2) is 36.2 Å². The van der Waals surface area contributed by atoms with Crippen LogP contribution in [0.1, 0.15) is 18.9 Å². The van der Waals surface area contributed by atoms with E-state index < -0.39 is 10.2 Å². The third kappa shape index (κ3) is 3.60. The molecule has 1 aromatic heterocycles. The molecule has 0 aliphatic rings. The summed E-state index contributed by atoms with van der Waals surface area (Å²) in [6.07, 6.45) is 1.91. The molecule has 0 spiro atoms. The Kier molecular flexibility index (Phi) is 4.29. The van der Waals surface area contributed by atoms with Gasteiger partial charge < -0.3 is 10.9 Å². The van der Waals surface area contributed by atoms with Crippen molar-refractivity contribution in [1.29, 1.82) is 0 Å². The van der Waals surface area contributed by atoms with Crippen LogP contribution in [0.15, 0.2) is 11.4 Å². The molecule has 1 rings (SSSR count). The minimum absolute atomic E-state index is 0.0314. The second-order valence-electron chi connectivity index (χ2n) is 3.14. The lowest BCUT2D eigenvalue weighted by atomic mass is 10.3. The number of nitrogens with zero attached hydrogens (tertiary/aromatic N) is 2. The quantitative estimate of drug-likeness (QED) is 0.196. The highest BCUT2D eigenvalue weighted by atomic mass is 32.2. The van der Waals surface area contributed by atoms with Crippen LogP contribution >= 0.6 is 0 Å². The molecule has 17 heavy (non-hydrogen) atoms. The van der Waals surface area contributed by atoms with Crippen LogP contribution in [0.5, 0.6) is 0 Å². The number of aromatic nitrogens is 2. The van der Waals surface area contributed by atoms with Crippen LogP contribution in [0.4, 0.5) is 5.82 Å². The molecule has 1 heterocycles. The first-order chi connectivity index (χ1) is 8.00. The van der Waals surface area contributed by atoms with Crippen molar-refractivity contribution in [2.75, 3.05) is 11.3 Å². The van der Waals surface area contributed by atoms with Gasteiger partial charge in [-0.15, -0.1) is 0 Å². The van der Waals surface area contributed by atoms with Gasteiger partial charge in [-0.2, -0.15) is 18.2 Å². The normalized spacial score (nSPS) is 12.6. The average molecular weight is 262 g/mol. The lowest BCUT2D eigenvalue weighted by Crippen LogP contribution is -2.31. The Morgan fingerprint density at radius 1 is 1.71 bits per heavy atom. The average Bonchev–Trinajstić information content (AvgIpc) is 2.72. The van der Waals surface area contributed by atoms with E-state index in [1.807, 2.05) is 6.92 Å². The molecule has 1 aromatic rings. The number of amidine groups is 1. The zero-order chi connectivity index (χ0) is 12.9. The molecule has 0 atom stereocenters. The predicted molar refractivity (Wildman–Crippen MR) is 61.9 cm³/mol. The number of aromatic amines is 1. The van der Waals surface area contributed by atoms with E-state index in [0.717, 1.165) is 0 Å². The molecule has 96 valence electrons. The van der Waals surface area contributed by atoms with Gasteiger partial charge in [0, 0.05) is 6.54 Å². The zero-order valence-corrected chi connectivity index (χ0v) is 9.95. The van der Waals surface area contributed by atoms with Crippen LogP contribution in [0, 0.1) is 0 Å². The summed E-state index contributed by atoms with van der Waals surface area (Å²) in [5, 5.41) is 17.3. The molecule has 0 aliphatic carbocycles. The molecule has 0 fully saturated rings. The van der Waals surface area contributed by atoms with Gasteiger partial charge in [-0.1, -0.05) is 12.1 Å². The van der Waals surface area contributed by atoms with E-state index >= 15 is 0 Å². The highest BCUT2D eigenvalue weighted by Gasteiger charge is 2.15. The Labute approximate surface area is 98.3 Å². The van der Waals surface area contributed by atoms with Gasteiger partial charge in [0.1, 0.15) is 5.82 Å². The first-order valence-electron chi connectivity index (χ1n) is 4.79. The fraction of sp³-hybridized carbons (Fsp3) is 0.429. The van der Waals surface area contributed by atoms with Crippen LogP contribution in [0.2, 0.25) is 0 Å². The van der Waals surface area contributed by atoms with E-state index in [1.54, 1.807) is 0 Å². The highest BCUT2D eigenvalue weighted by Crippen LogP contribution is 2.11. The fourth-order valence-corrected chi connectivity index (χ4v) is 1.99. The molecule has 0 aromatic carbocycles. The van der Waals surface area contributed by atoms with Gasteiger partial charge in [0.2, 0.25) is 0 Å². The van der Waals surface area contributed by atoms with Gasteiger partial charge in [-0.05, 0) is 6.42 Å². The van der Waals surface area contributed by atoms with E-state index in [-0.39, 0.29) is 17.2 Å².